The molecule has 1 aromatic carbocycles. The van der Waals surface area contributed by atoms with Gasteiger partial charge in [0.25, 0.3) is 0 Å². The van der Waals surface area contributed by atoms with Gasteiger partial charge in [-0.25, -0.2) is 8.42 Å². The van der Waals surface area contributed by atoms with E-state index in [9.17, 15) is 13.5 Å². The van der Waals surface area contributed by atoms with Gasteiger partial charge in [0.05, 0.1) is 0 Å². The molecule has 9 heteroatoms. The van der Waals surface area contributed by atoms with Crippen molar-refractivity contribution in [3.63, 3.8) is 0 Å². The molecule has 18 heavy (non-hydrogen) atoms. The SMILES string of the molecule is [CH2-]C/C([O-])=N/S(=O)(=O)c1c[c-]ccc1Cl.[Li+].[Li+].[Na+]. The molecule has 0 N–H and O–H groups in total. The fraction of sp³-hybridized carbons (Fsp3) is 0.111. The number of nitrogens with zero attached hydrogens (tertiary/aromatic N) is 1. The summed E-state index contributed by atoms with van der Waals surface area (Å²) in [7, 11) is -4.03. The first kappa shape index (κ1) is 24.2. The Hall–Kier alpha value is 1.12. The predicted octanol–water partition coefficient (Wildman–Crippen LogP) is -8.18. The Labute approximate surface area is 158 Å². The minimum Gasteiger partial charge on any atom is -0.863 e. The quantitative estimate of drug-likeness (QED) is 0.239. The molecule has 0 aliphatic heterocycles. The van der Waals surface area contributed by atoms with Crippen molar-refractivity contribution in [2.45, 2.75) is 11.3 Å². The van der Waals surface area contributed by atoms with E-state index in [4.69, 9.17) is 11.6 Å². The fourth-order valence-corrected chi connectivity index (χ4v) is 2.22. The van der Waals surface area contributed by atoms with Gasteiger partial charge in [-0.05, 0) is 9.92 Å². The first-order valence-electron chi connectivity index (χ1n) is 3.93. The second-order valence-corrected chi connectivity index (χ2v) is 4.55. The third-order valence-corrected chi connectivity index (χ3v) is 3.27. The number of benzene rings is 1. The number of halogens is 1. The predicted molar refractivity (Wildman–Crippen MR) is 54.9 cm³/mol. The van der Waals surface area contributed by atoms with Crippen LogP contribution < -0.4 is 72.4 Å². The first-order chi connectivity index (χ1) is 6.97. The molecule has 1 rings (SSSR count). The van der Waals surface area contributed by atoms with E-state index in [1.807, 2.05) is 0 Å². The van der Waals surface area contributed by atoms with Crippen molar-refractivity contribution in [1.82, 2.24) is 0 Å². The Kier molecular flexibility index (Phi) is 14.6. The molecule has 82 valence electrons. The van der Waals surface area contributed by atoms with Gasteiger partial charge in [0, 0.05) is 0 Å². The molecule has 0 aliphatic carbocycles. The van der Waals surface area contributed by atoms with Crippen LogP contribution in [0, 0.1) is 13.0 Å². The van der Waals surface area contributed by atoms with Crippen molar-refractivity contribution in [2.75, 3.05) is 0 Å². The zero-order valence-electron chi connectivity index (χ0n) is 10.6. The van der Waals surface area contributed by atoms with E-state index < -0.39 is 15.9 Å². The van der Waals surface area contributed by atoms with Gasteiger partial charge in [0.2, 0.25) is 10.0 Å². The molecule has 0 fully saturated rings. The minimum absolute atomic E-state index is 0. The molecule has 0 saturated heterocycles. The van der Waals surface area contributed by atoms with E-state index in [0.717, 1.165) is 6.07 Å². The monoisotopic (exact) mass is 281 g/mol. The maximum atomic E-state index is 11.5. The fourth-order valence-electron chi connectivity index (χ4n) is 0.823. The summed E-state index contributed by atoms with van der Waals surface area (Å²) >= 11 is 5.65. The van der Waals surface area contributed by atoms with Crippen LogP contribution in [0.2, 0.25) is 5.02 Å². The summed E-state index contributed by atoms with van der Waals surface area (Å²) in [6, 6.07) is 6.54. The van der Waals surface area contributed by atoms with Crippen molar-refractivity contribution < 1.29 is 80.8 Å². The molecule has 0 unspecified atom stereocenters. The molecule has 0 aromatic heterocycles. The van der Waals surface area contributed by atoms with Gasteiger partial charge in [0.1, 0.15) is 0 Å². The van der Waals surface area contributed by atoms with Gasteiger partial charge in [-0.2, -0.15) is 35.1 Å². The first-order valence-corrected chi connectivity index (χ1v) is 5.75. The van der Waals surface area contributed by atoms with Crippen LogP contribution in [0.3, 0.4) is 0 Å². The Bertz CT molecular complexity index is 496. The van der Waals surface area contributed by atoms with Crippen LogP contribution >= 0.6 is 11.6 Å². The average molecular weight is 282 g/mol. The van der Waals surface area contributed by atoms with E-state index in [1.54, 1.807) is 0 Å². The zero-order chi connectivity index (χ0) is 11.5. The van der Waals surface area contributed by atoms with E-state index in [0.29, 0.717) is 0 Å². The average Bonchev–Trinajstić information content (AvgIpc) is 2.17. The molecule has 0 saturated carbocycles. The maximum absolute atomic E-state index is 11.5. The zero-order valence-corrected chi connectivity index (χ0v) is 14.2. The second kappa shape index (κ2) is 10.9. The summed E-state index contributed by atoms with van der Waals surface area (Å²) in [4.78, 5) is -0.228. The summed E-state index contributed by atoms with van der Waals surface area (Å²) in [5.41, 5.74) is 0. The van der Waals surface area contributed by atoms with Gasteiger partial charge in [-0.3, -0.25) is 0 Å². The Morgan fingerprint density at radius 3 is 2.50 bits per heavy atom. The normalized spacial score (nSPS) is 10.7. The third-order valence-electron chi connectivity index (χ3n) is 1.49. The summed E-state index contributed by atoms with van der Waals surface area (Å²) in [6.07, 6.45) is -0.215. The summed E-state index contributed by atoms with van der Waals surface area (Å²) in [5.74, 6) is -0.810. The summed E-state index contributed by atoms with van der Waals surface area (Å²) in [5, 5.41) is 10.9. The van der Waals surface area contributed by atoms with Crippen LogP contribution in [0.1, 0.15) is 6.42 Å². The Balaban J connectivity index is -0.000000750. The molecule has 0 heterocycles. The third kappa shape index (κ3) is 7.05. The Morgan fingerprint density at radius 2 is 2.06 bits per heavy atom. The van der Waals surface area contributed by atoms with Crippen LogP contribution in [0.25, 0.3) is 0 Å². The molecular weight excluding hydrogens is 274 g/mol. The Morgan fingerprint density at radius 1 is 1.50 bits per heavy atom. The maximum Gasteiger partial charge on any atom is 1.00 e. The molecule has 0 atom stereocenters. The van der Waals surface area contributed by atoms with Crippen LogP contribution in [0.4, 0.5) is 0 Å². The van der Waals surface area contributed by atoms with Gasteiger partial charge >= 0.3 is 67.3 Å². The van der Waals surface area contributed by atoms with Gasteiger partial charge in [0.15, 0.2) is 0 Å². The van der Waals surface area contributed by atoms with Crippen LogP contribution in [-0.2, 0) is 10.0 Å². The van der Waals surface area contributed by atoms with E-state index >= 15 is 0 Å². The number of hydrogen-bond donors (Lipinski definition) is 0. The summed E-state index contributed by atoms with van der Waals surface area (Å²) < 4.78 is 26.0. The van der Waals surface area contributed by atoms with Crippen molar-refractivity contribution in [3.8, 4) is 0 Å². The molecule has 1 aromatic rings. The molecule has 0 spiro atoms. The molecule has 0 amide bonds. The number of sulfonamides is 1. The second-order valence-electron chi connectivity index (χ2n) is 2.57. The largest absolute Gasteiger partial charge is 1.00 e. The van der Waals surface area contributed by atoms with Crippen molar-refractivity contribution >= 4 is 27.5 Å². The van der Waals surface area contributed by atoms with E-state index in [-0.39, 0.29) is 83.6 Å². The number of rotatable bonds is 3. The van der Waals surface area contributed by atoms with E-state index in [2.05, 4.69) is 17.4 Å². The van der Waals surface area contributed by atoms with E-state index in [1.165, 1.54) is 12.1 Å². The smallest absolute Gasteiger partial charge is 0.863 e. The van der Waals surface area contributed by atoms with Crippen molar-refractivity contribution in [1.29, 1.82) is 0 Å². The van der Waals surface area contributed by atoms with Gasteiger partial charge in [-0.15, -0.1) is 11.6 Å². The van der Waals surface area contributed by atoms with Crippen molar-refractivity contribution in [2.24, 2.45) is 4.40 Å². The van der Waals surface area contributed by atoms with Gasteiger partial charge in [-0.1, -0.05) is 5.90 Å². The molecule has 0 bridgehead atoms. The minimum atomic E-state index is -4.03. The molecular formula is C9H7ClLi2NNaO3S. The summed E-state index contributed by atoms with van der Waals surface area (Å²) in [6.45, 7) is 3.24. The van der Waals surface area contributed by atoms with Gasteiger partial charge < -0.3 is 12.0 Å². The number of hydrogen-bond acceptors (Lipinski definition) is 3. The molecule has 4 nitrogen and oxygen atoms in total. The molecule has 0 radical (unpaired) electrons. The standard InChI is InChI=1S/C9H8ClNO3S.2Li.Na/c1-2-9(12)11-15(13,14)8-6-4-3-5-7(8)10;;;/h3,5-6H,1-2H2,(H,11,12);;;/q-2;3*+1/p-1. The van der Waals surface area contributed by atoms with Crippen LogP contribution in [0.5, 0.6) is 0 Å². The van der Waals surface area contributed by atoms with Crippen LogP contribution in [-0.4, -0.2) is 14.3 Å². The van der Waals surface area contributed by atoms with Crippen LogP contribution in [0.15, 0.2) is 27.5 Å². The topological polar surface area (TPSA) is 69.6 Å². The van der Waals surface area contributed by atoms with Crippen molar-refractivity contribution in [3.05, 3.63) is 36.2 Å². The molecule has 0 aliphatic rings.